The molecule has 0 saturated carbocycles. The van der Waals surface area contributed by atoms with Crippen molar-refractivity contribution in [1.29, 1.82) is 0 Å². The van der Waals surface area contributed by atoms with Crippen molar-refractivity contribution in [3.8, 4) is 11.3 Å². The van der Waals surface area contributed by atoms with Gasteiger partial charge in [0, 0.05) is 44.5 Å². The summed E-state index contributed by atoms with van der Waals surface area (Å²) < 4.78 is 30.5. The van der Waals surface area contributed by atoms with E-state index >= 15 is 0 Å². The van der Waals surface area contributed by atoms with Gasteiger partial charge in [0.2, 0.25) is 15.9 Å². The Labute approximate surface area is 174 Å². The molecule has 5 rings (SSSR count). The summed E-state index contributed by atoms with van der Waals surface area (Å²) in [5, 5.41) is 4.17. The third-order valence-corrected chi connectivity index (χ3v) is 7.04. The molecular formula is C21H21N5O3S. The molecule has 1 N–H and O–H groups in total. The number of hydrogen-bond acceptors (Lipinski definition) is 5. The number of benzene rings is 1. The normalized spacial score (nSPS) is 15.5. The maximum Gasteiger partial charge on any atom is 0.240 e. The molecule has 0 bridgehead atoms. The molecule has 4 heterocycles. The quantitative estimate of drug-likeness (QED) is 0.675. The van der Waals surface area contributed by atoms with Crippen LogP contribution in [0.2, 0.25) is 0 Å². The van der Waals surface area contributed by atoms with E-state index in [0.29, 0.717) is 31.5 Å². The molecule has 154 valence electrons. The molecule has 8 nitrogen and oxygen atoms in total. The number of aromatic nitrogens is 3. The van der Waals surface area contributed by atoms with E-state index in [-0.39, 0.29) is 17.3 Å². The van der Waals surface area contributed by atoms with Crippen molar-refractivity contribution in [3.63, 3.8) is 0 Å². The molecule has 2 aliphatic rings. The van der Waals surface area contributed by atoms with Crippen LogP contribution in [0.3, 0.4) is 0 Å². The van der Waals surface area contributed by atoms with Gasteiger partial charge in [-0.1, -0.05) is 6.07 Å². The molecule has 2 aromatic heterocycles. The maximum atomic E-state index is 13.1. The Bertz CT molecular complexity index is 1270. The summed E-state index contributed by atoms with van der Waals surface area (Å²) in [4.78, 5) is 18.5. The maximum absolute atomic E-state index is 13.1. The Hall–Kier alpha value is -3.04. The van der Waals surface area contributed by atoms with Gasteiger partial charge in [-0.15, -0.1) is 0 Å². The first-order chi connectivity index (χ1) is 14.4. The summed E-state index contributed by atoms with van der Waals surface area (Å²) in [6.45, 7) is 0.750. The predicted octanol–water partition coefficient (Wildman–Crippen LogP) is 1.80. The summed E-state index contributed by atoms with van der Waals surface area (Å²) in [6, 6.07) is 7.05. The lowest BCUT2D eigenvalue weighted by molar-refractivity contribution is -0.118. The Morgan fingerprint density at radius 3 is 2.73 bits per heavy atom. The molecule has 0 unspecified atom stereocenters. The van der Waals surface area contributed by atoms with Gasteiger partial charge < -0.3 is 4.90 Å². The highest BCUT2D eigenvalue weighted by molar-refractivity contribution is 7.89. The lowest BCUT2D eigenvalue weighted by atomic mass is 10.00. The molecule has 0 atom stereocenters. The Morgan fingerprint density at radius 2 is 1.97 bits per heavy atom. The third-order valence-electron chi connectivity index (χ3n) is 5.66. The zero-order valence-corrected chi connectivity index (χ0v) is 17.3. The fourth-order valence-corrected chi connectivity index (χ4v) is 5.33. The minimum absolute atomic E-state index is 0.120. The fraction of sp³-hybridized carbons (Fsp3) is 0.286. The topological polar surface area (TPSA) is 97.2 Å². The van der Waals surface area contributed by atoms with Gasteiger partial charge in [0.25, 0.3) is 0 Å². The van der Waals surface area contributed by atoms with E-state index in [1.165, 1.54) is 0 Å². The molecule has 9 heteroatoms. The second kappa shape index (κ2) is 7.03. The van der Waals surface area contributed by atoms with Crippen LogP contribution < -0.4 is 9.62 Å². The van der Waals surface area contributed by atoms with E-state index in [1.807, 2.05) is 19.3 Å². The molecule has 1 amide bonds. The second-order valence-corrected chi connectivity index (χ2v) is 9.39. The third kappa shape index (κ3) is 3.20. The summed E-state index contributed by atoms with van der Waals surface area (Å²) in [5.41, 5.74) is 5.08. The minimum Gasteiger partial charge on any atom is -0.312 e. The van der Waals surface area contributed by atoms with E-state index in [2.05, 4.69) is 14.8 Å². The number of pyridine rings is 1. The molecule has 2 aliphatic heterocycles. The van der Waals surface area contributed by atoms with Crippen LogP contribution in [-0.4, -0.2) is 35.6 Å². The minimum atomic E-state index is -3.72. The van der Waals surface area contributed by atoms with Crippen LogP contribution in [0.5, 0.6) is 0 Å². The second-order valence-electron chi connectivity index (χ2n) is 7.62. The number of aryl methyl sites for hydroxylation is 2. The lowest BCUT2D eigenvalue weighted by Crippen LogP contribution is -2.33. The molecule has 0 aliphatic carbocycles. The number of rotatable bonds is 5. The smallest absolute Gasteiger partial charge is 0.240 e. The van der Waals surface area contributed by atoms with Gasteiger partial charge in [-0.2, -0.15) is 5.10 Å². The SMILES string of the molecule is Cn1cc(-c2ncccc2CNS(=O)(=O)c2cc3c4c(c2)CCN4C(=O)CC3)cn1. The van der Waals surface area contributed by atoms with Crippen LogP contribution in [0.4, 0.5) is 5.69 Å². The average molecular weight is 423 g/mol. The number of carbonyl (C=O) groups excluding carboxylic acids is 1. The molecular weight excluding hydrogens is 402 g/mol. The van der Waals surface area contributed by atoms with Gasteiger partial charge in [0.05, 0.1) is 22.5 Å². The summed E-state index contributed by atoms with van der Waals surface area (Å²) in [6.07, 6.45) is 6.92. The van der Waals surface area contributed by atoms with Crippen molar-refractivity contribution in [2.45, 2.75) is 30.7 Å². The highest BCUT2D eigenvalue weighted by Crippen LogP contribution is 2.38. The number of sulfonamides is 1. The molecule has 3 aromatic rings. The van der Waals surface area contributed by atoms with Crippen molar-refractivity contribution in [2.24, 2.45) is 7.05 Å². The van der Waals surface area contributed by atoms with E-state index in [9.17, 15) is 13.2 Å². The van der Waals surface area contributed by atoms with E-state index < -0.39 is 10.0 Å². The Kier molecular flexibility index (Phi) is 4.44. The number of amides is 1. The van der Waals surface area contributed by atoms with Gasteiger partial charge in [-0.3, -0.25) is 14.5 Å². The summed E-state index contributed by atoms with van der Waals surface area (Å²) in [7, 11) is -1.89. The van der Waals surface area contributed by atoms with Crippen LogP contribution in [0, 0.1) is 0 Å². The van der Waals surface area contributed by atoms with E-state index in [1.54, 1.807) is 40.2 Å². The molecule has 0 fully saturated rings. The number of hydrogen-bond donors (Lipinski definition) is 1. The fourth-order valence-electron chi connectivity index (χ4n) is 4.22. The van der Waals surface area contributed by atoms with Crippen LogP contribution >= 0.6 is 0 Å². The van der Waals surface area contributed by atoms with Crippen LogP contribution in [0.15, 0.2) is 47.8 Å². The zero-order chi connectivity index (χ0) is 20.9. The van der Waals surface area contributed by atoms with Gasteiger partial charge in [0.1, 0.15) is 0 Å². The lowest BCUT2D eigenvalue weighted by Gasteiger charge is -2.25. The first-order valence-corrected chi connectivity index (χ1v) is 11.3. The average Bonchev–Trinajstić information content (AvgIpc) is 3.37. The first-order valence-electron chi connectivity index (χ1n) is 9.81. The van der Waals surface area contributed by atoms with Gasteiger partial charge in [-0.05, 0) is 47.7 Å². The molecule has 1 aromatic carbocycles. The number of carbonyl (C=O) groups is 1. The number of nitrogens with one attached hydrogen (secondary N) is 1. The van der Waals surface area contributed by atoms with Crippen LogP contribution in [0.1, 0.15) is 23.1 Å². The largest absolute Gasteiger partial charge is 0.312 e. The van der Waals surface area contributed by atoms with Gasteiger partial charge >= 0.3 is 0 Å². The molecule has 0 radical (unpaired) electrons. The Balaban J connectivity index is 1.43. The molecule has 0 spiro atoms. The summed E-state index contributed by atoms with van der Waals surface area (Å²) in [5.74, 6) is 0.120. The molecule has 30 heavy (non-hydrogen) atoms. The van der Waals surface area contributed by atoms with Gasteiger partial charge in [0.15, 0.2) is 0 Å². The molecule has 0 saturated heterocycles. The van der Waals surface area contributed by atoms with Gasteiger partial charge in [-0.25, -0.2) is 13.1 Å². The van der Waals surface area contributed by atoms with Crippen molar-refractivity contribution < 1.29 is 13.2 Å². The van der Waals surface area contributed by atoms with Crippen LogP contribution in [0.25, 0.3) is 11.3 Å². The highest BCUT2D eigenvalue weighted by Gasteiger charge is 2.32. The standard InChI is InChI=1S/C21H21N5O3S/c1-25-13-17(11-23-25)20-16(3-2-7-22-20)12-24-30(28,29)18-9-14-4-5-19(27)26-8-6-15(10-18)21(14)26/h2-3,7,9-11,13,24H,4-6,8,12H2,1H3. The first kappa shape index (κ1) is 19.0. The van der Waals surface area contributed by atoms with E-state index in [4.69, 9.17) is 0 Å². The van der Waals surface area contributed by atoms with Crippen molar-refractivity contribution >= 4 is 21.6 Å². The number of anilines is 1. The summed E-state index contributed by atoms with van der Waals surface area (Å²) >= 11 is 0. The van der Waals surface area contributed by atoms with Crippen LogP contribution in [-0.2, 0) is 41.3 Å². The predicted molar refractivity (Wildman–Crippen MR) is 111 cm³/mol. The van der Waals surface area contributed by atoms with E-state index in [0.717, 1.165) is 27.9 Å². The monoisotopic (exact) mass is 423 g/mol. The number of nitrogens with zero attached hydrogens (tertiary/aromatic N) is 4. The van der Waals surface area contributed by atoms with Crippen molar-refractivity contribution in [3.05, 3.63) is 59.5 Å². The van der Waals surface area contributed by atoms with Crippen molar-refractivity contribution in [2.75, 3.05) is 11.4 Å². The van der Waals surface area contributed by atoms with Crippen molar-refractivity contribution in [1.82, 2.24) is 19.5 Å². The zero-order valence-electron chi connectivity index (χ0n) is 16.5. The Morgan fingerprint density at radius 1 is 1.17 bits per heavy atom. The highest BCUT2D eigenvalue weighted by atomic mass is 32.2.